The molecule has 0 saturated heterocycles. The van der Waals surface area contributed by atoms with E-state index >= 15 is 0 Å². The van der Waals surface area contributed by atoms with Crippen LogP contribution in [0.3, 0.4) is 0 Å². The second-order valence-electron chi connectivity index (χ2n) is 27.3. The van der Waals surface area contributed by atoms with Gasteiger partial charge < -0.3 is 28.5 Å². The summed E-state index contributed by atoms with van der Waals surface area (Å²) in [4.78, 5) is 37.6. The zero-order valence-corrected chi connectivity index (χ0v) is 58.7. The van der Waals surface area contributed by atoms with Gasteiger partial charge in [-0.05, 0) is 51.4 Å². The van der Waals surface area contributed by atoms with Crippen LogP contribution in [0, 0.1) is 0 Å². The molecule has 0 aliphatic carbocycles. The van der Waals surface area contributed by atoms with Crippen LogP contribution >= 0.6 is 0 Å². The Morgan fingerprint density at radius 2 is 0.621 bits per heavy atom. The lowest BCUT2D eigenvalue weighted by atomic mass is 10.0. The largest absolute Gasteiger partial charge is 0.477 e. The molecule has 9 nitrogen and oxygen atoms in total. The summed E-state index contributed by atoms with van der Waals surface area (Å²) in [6.45, 7) is 4.94. The summed E-state index contributed by atoms with van der Waals surface area (Å²) in [5.41, 5.74) is 0. The minimum Gasteiger partial charge on any atom is -0.477 e. The molecule has 0 aromatic heterocycles. The molecule has 0 bridgehead atoms. The van der Waals surface area contributed by atoms with Gasteiger partial charge in [-0.15, -0.1) is 0 Å². The van der Waals surface area contributed by atoms with Crippen molar-refractivity contribution >= 4 is 17.9 Å². The molecule has 0 aliphatic heterocycles. The number of esters is 2. The molecular formula is C78H148NO8+. The highest BCUT2D eigenvalue weighted by atomic mass is 16.7. The molecule has 0 amide bonds. The Hall–Kier alpha value is -2.49. The number of rotatable bonds is 72. The van der Waals surface area contributed by atoms with Gasteiger partial charge in [-0.2, -0.15) is 0 Å². The summed E-state index contributed by atoms with van der Waals surface area (Å²) in [5, 5.41) is 9.75. The Kier molecular flexibility index (Phi) is 67.4. The molecule has 0 heterocycles. The summed E-state index contributed by atoms with van der Waals surface area (Å²) in [5.74, 6) is -1.97. The number of hydrogen-bond acceptors (Lipinski definition) is 7. The smallest absolute Gasteiger partial charge is 0.361 e. The Morgan fingerprint density at radius 3 is 0.920 bits per heavy atom. The fourth-order valence-corrected chi connectivity index (χ4v) is 11.6. The number of carbonyl (C=O) groups excluding carboxylic acids is 2. The molecule has 9 heteroatoms. The molecule has 0 rings (SSSR count). The van der Waals surface area contributed by atoms with E-state index < -0.39 is 18.4 Å². The topological polar surface area (TPSA) is 108 Å². The van der Waals surface area contributed by atoms with Crippen molar-refractivity contribution in [1.82, 2.24) is 0 Å². The van der Waals surface area contributed by atoms with Crippen LogP contribution in [0.1, 0.15) is 386 Å². The number of aliphatic carboxylic acids is 1. The van der Waals surface area contributed by atoms with Gasteiger partial charge >= 0.3 is 17.9 Å². The number of unbranched alkanes of at least 4 members (excludes halogenated alkanes) is 51. The molecule has 0 spiro atoms. The molecule has 1 N–H and O–H groups in total. The Bertz CT molecular complexity index is 1520. The van der Waals surface area contributed by atoms with Crippen molar-refractivity contribution in [2.24, 2.45) is 0 Å². The van der Waals surface area contributed by atoms with Gasteiger partial charge in [-0.3, -0.25) is 9.59 Å². The average molecular weight is 1230 g/mol. The van der Waals surface area contributed by atoms with E-state index in [1.807, 2.05) is 21.1 Å². The van der Waals surface area contributed by atoms with E-state index in [2.05, 4.69) is 50.3 Å². The fourth-order valence-electron chi connectivity index (χ4n) is 11.6. The number of ether oxygens (including phenoxy) is 4. The highest BCUT2D eigenvalue weighted by molar-refractivity contribution is 5.71. The SMILES string of the molecule is CCCCCCC/C=C\C/C=C\C/C=C\CCCCCCCCCCCCCCCCCCCCCCCCCCCCC(=O)OC(COC(=O)CCCCCCCCCCCCCCCCCCCCCCC)COC(OCC[N+](C)(C)C)C(=O)O. The zero-order valence-electron chi connectivity index (χ0n) is 58.7. The number of nitrogens with zero attached hydrogens (tertiary/aromatic N) is 1. The van der Waals surface area contributed by atoms with Crippen LogP contribution in [0.15, 0.2) is 36.5 Å². The summed E-state index contributed by atoms with van der Waals surface area (Å²) >= 11 is 0. The van der Waals surface area contributed by atoms with Crippen LogP contribution in [0.4, 0.5) is 0 Å². The standard InChI is InChI=1S/C78H147NO8/c1-6-8-10-12-14-16-18-20-22-24-26-28-29-30-31-32-33-34-35-36-37-38-39-40-41-42-43-44-45-46-47-49-51-53-55-57-59-61-63-65-67-69-76(81)87-74(73-86-78(77(82)83)84-71-70-79(3,4)5)72-85-75(80)68-66-64-62-60-58-56-54-52-50-48-27-25-23-21-19-17-15-13-11-9-7-2/h18,20,24,26,29-30,74,78H,6-17,19,21-23,25,27-28,31-73H2,1-5H3/p+1/b20-18-,26-24-,30-29-. The van der Waals surface area contributed by atoms with Gasteiger partial charge in [0.25, 0.3) is 6.29 Å². The molecule has 87 heavy (non-hydrogen) atoms. The first kappa shape index (κ1) is 84.5. The Balaban J connectivity index is 3.93. The van der Waals surface area contributed by atoms with Crippen molar-refractivity contribution in [3.05, 3.63) is 36.5 Å². The molecule has 512 valence electrons. The molecule has 0 fully saturated rings. The van der Waals surface area contributed by atoms with Gasteiger partial charge in [0.05, 0.1) is 34.4 Å². The van der Waals surface area contributed by atoms with Crippen LogP contribution in [-0.4, -0.2) is 87.4 Å². The van der Waals surface area contributed by atoms with Crippen LogP contribution in [0.2, 0.25) is 0 Å². The number of carbonyl (C=O) groups is 3. The highest BCUT2D eigenvalue weighted by Crippen LogP contribution is 2.19. The minimum absolute atomic E-state index is 0.174. The molecule has 0 radical (unpaired) electrons. The van der Waals surface area contributed by atoms with Crippen molar-refractivity contribution in [3.63, 3.8) is 0 Å². The number of likely N-dealkylation sites (N-methyl/N-ethyl adjacent to an activating group) is 1. The first-order chi connectivity index (χ1) is 42.6. The average Bonchev–Trinajstić information content (AvgIpc) is 3.59. The molecule has 2 unspecified atom stereocenters. The van der Waals surface area contributed by atoms with E-state index in [0.29, 0.717) is 17.4 Å². The molecular weight excluding hydrogens is 1080 g/mol. The van der Waals surface area contributed by atoms with Crippen molar-refractivity contribution in [3.8, 4) is 0 Å². The van der Waals surface area contributed by atoms with Gasteiger partial charge in [0.2, 0.25) is 0 Å². The Morgan fingerprint density at radius 1 is 0.345 bits per heavy atom. The van der Waals surface area contributed by atoms with Crippen molar-refractivity contribution in [2.45, 2.75) is 399 Å². The van der Waals surface area contributed by atoms with Crippen LogP contribution < -0.4 is 0 Å². The lowest BCUT2D eigenvalue weighted by Gasteiger charge is -2.25. The predicted molar refractivity (Wildman–Crippen MR) is 374 cm³/mol. The van der Waals surface area contributed by atoms with Crippen LogP contribution in [0.25, 0.3) is 0 Å². The maximum atomic E-state index is 13.0. The molecule has 0 aromatic carbocycles. The van der Waals surface area contributed by atoms with Gasteiger partial charge in [0.1, 0.15) is 13.2 Å². The van der Waals surface area contributed by atoms with Crippen molar-refractivity contribution < 1.29 is 42.9 Å². The van der Waals surface area contributed by atoms with Gasteiger partial charge in [0, 0.05) is 12.8 Å². The van der Waals surface area contributed by atoms with E-state index in [1.165, 1.54) is 308 Å². The number of hydrogen-bond donors (Lipinski definition) is 1. The van der Waals surface area contributed by atoms with Crippen LogP contribution in [0.5, 0.6) is 0 Å². The summed E-state index contributed by atoms with van der Waals surface area (Å²) in [6, 6.07) is 0. The van der Waals surface area contributed by atoms with Crippen molar-refractivity contribution in [1.29, 1.82) is 0 Å². The number of carboxylic acids is 1. The van der Waals surface area contributed by atoms with Gasteiger partial charge in [-0.25, -0.2) is 4.79 Å². The zero-order chi connectivity index (χ0) is 63.3. The number of quaternary nitrogens is 1. The van der Waals surface area contributed by atoms with Crippen LogP contribution in [-0.2, 0) is 33.3 Å². The molecule has 0 aliphatic rings. The monoisotopic (exact) mass is 1230 g/mol. The third-order valence-electron chi connectivity index (χ3n) is 17.4. The summed E-state index contributed by atoms with van der Waals surface area (Å²) < 4.78 is 23.0. The fraction of sp³-hybridized carbons (Fsp3) is 0.885. The Labute approximate surface area is 540 Å². The second-order valence-corrected chi connectivity index (χ2v) is 27.3. The number of carboxylic acid groups (broad SMARTS) is 1. The van der Waals surface area contributed by atoms with E-state index in [9.17, 15) is 19.5 Å². The first-order valence-electron chi connectivity index (χ1n) is 38.2. The van der Waals surface area contributed by atoms with E-state index in [4.69, 9.17) is 18.9 Å². The highest BCUT2D eigenvalue weighted by Gasteiger charge is 2.25. The number of allylic oxidation sites excluding steroid dienone is 6. The molecule has 0 saturated carbocycles. The lowest BCUT2D eigenvalue weighted by Crippen LogP contribution is -2.40. The minimum atomic E-state index is -1.51. The quantitative estimate of drug-likeness (QED) is 0.0211. The third kappa shape index (κ3) is 70.8. The predicted octanol–water partition coefficient (Wildman–Crippen LogP) is 23.9. The van der Waals surface area contributed by atoms with Crippen molar-refractivity contribution in [2.75, 3.05) is 47.5 Å². The first-order valence-corrected chi connectivity index (χ1v) is 38.2. The third-order valence-corrected chi connectivity index (χ3v) is 17.4. The lowest BCUT2D eigenvalue weighted by molar-refractivity contribution is -0.870. The maximum Gasteiger partial charge on any atom is 0.361 e. The van der Waals surface area contributed by atoms with Gasteiger partial charge in [0.15, 0.2) is 6.10 Å². The summed E-state index contributed by atoms with van der Waals surface area (Å²) in [7, 11) is 5.99. The molecule has 0 aromatic rings. The second kappa shape index (κ2) is 69.4. The summed E-state index contributed by atoms with van der Waals surface area (Å²) in [6.07, 6.45) is 85.8. The van der Waals surface area contributed by atoms with Gasteiger partial charge in [-0.1, -0.05) is 359 Å². The normalized spacial score (nSPS) is 12.8. The van der Waals surface area contributed by atoms with E-state index in [-0.39, 0.29) is 38.2 Å². The van der Waals surface area contributed by atoms with E-state index in [1.54, 1.807) is 0 Å². The van der Waals surface area contributed by atoms with E-state index in [0.717, 1.165) is 51.4 Å². The molecule has 2 atom stereocenters. The maximum absolute atomic E-state index is 13.0.